The van der Waals surface area contributed by atoms with Gasteiger partial charge >= 0.3 is 5.97 Å². The van der Waals surface area contributed by atoms with Crippen LogP contribution in [-0.2, 0) is 14.3 Å². The molecule has 1 rings (SSSR count). The first-order chi connectivity index (χ1) is 10.5. The molecule has 0 aromatic carbocycles. The third-order valence-electron chi connectivity index (χ3n) is 4.52. The van der Waals surface area contributed by atoms with Gasteiger partial charge in [-0.05, 0) is 26.9 Å². The lowest BCUT2D eigenvalue weighted by Gasteiger charge is -2.39. The molecule has 0 heterocycles. The van der Waals surface area contributed by atoms with Crippen molar-refractivity contribution in [1.29, 1.82) is 0 Å². The van der Waals surface area contributed by atoms with E-state index in [0.29, 0.717) is 17.9 Å². The number of rotatable bonds is 8. The van der Waals surface area contributed by atoms with Crippen LogP contribution in [0.4, 0.5) is 0 Å². The number of esters is 1. The van der Waals surface area contributed by atoms with Crippen molar-refractivity contribution in [1.82, 2.24) is 10.2 Å². The maximum absolute atomic E-state index is 12.0. The van der Waals surface area contributed by atoms with Gasteiger partial charge in [0.15, 0.2) is 0 Å². The van der Waals surface area contributed by atoms with Gasteiger partial charge in [-0.25, -0.2) is 0 Å². The summed E-state index contributed by atoms with van der Waals surface area (Å²) in [6.45, 7) is 0.723. The largest absolute Gasteiger partial charge is 0.468 e. The van der Waals surface area contributed by atoms with Crippen molar-refractivity contribution in [2.75, 3.05) is 39.3 Å². The van der Waals surface area contributed by atoms with E-state index in [1.807, 2.05) is 0 Å². The van der Waals surface area contributed by atoms with Gasteiger partial charge in [-0.1, -0.05) is 25.7 Å². The molecule has 0 radical (unpaired) electrons. The van der Waals surface area contributed by atoms with Gasteiger partial charge in [0, 0.05) is 24.3 Å². The molecule has 0 unspecified atom stereocenters. The molecule has 1 N–H and O–H groups in total. The fraction of sp³-hybridized carbons (Fsp3) is 0.875. The van der Waals surface area contributed by atoms with E-state index in [-0.39, 0.29) is 17.4 Å². The maximum Gasteiger partial charge on any atom is 0.315 e. The van der Waals surface area contributed by atoms with E-state index >= 15 is 0 Å². The summed E-state index contributed by atoms with van der Waals surface area (Å²) >= 11 is 1.44. The number of carbonyl (C=O) groups excluding carboxylic acids is 2. The Morgan fingerprint density at radius 3 is 2.36 bits per heavy atom. The third kappa shape index (κ3) is 6.57. The fourth-order valence-corrected chi connectivity index (χ4v) is 3.66. The Labute approximate surface area is 138 Å². The normalized spacial score (nSPS) is 17.8. The second kappa shape index (κ2) is 10.1. The number of nitrogens with one attached hydrogen (secondary N) is 1. The highest BCUT2D eigenvalue weighted by Gasteiger charge is 2.33. The Bertz CT molecular complexity index is 353. The first kappa shape index (κ1) is 19.3. The Balaban J connectivity index is 2.32. The van der Waals surface area contributed by atoms with E-state index in [9.17, 15) is 9.59 Å². The van der Waals surface area contributed by atoms with Crippen LogP contribution in [0, 0.1) is 0 Å². The van der Waals surface area contributed by atoms with Crippen LogP contribution in [0.15, 0.2) is 0 Å². The Morgan fingerprint density at radius 1 is 1.18 bits per heavy atom. The first-order valence-electron chi connectivity index (χ1n) is 8.09. The minimum absolute atomic E-state index is 0.0721. The average Bonchev–Trinajstić information content (AvgIpc) is 2.75. The number of amides is 1. The van der Waals surface area contributed by atoms with Crippen molar-refractivity contribution in [2.45, 2.75) is 50.5 Å². The van der Waals surface area contributed by atoms with Crippen LogP contribution in [-0.4, -0.2) is 61.6 Å². The minimum atomic E-state index is -0.240. The molecule has 5 nitrogen and oxygen atoms in total. The Morgan fingerprint density at radius 2 is 1.82 bits per heavy atom. The van der Waals surface area contributed by atoms with E-state index < -0.39 is 0 Å². The quantitative estimate of drug-likeness (QED) is 0.419. The standard InChI is InChI=1S/C16H30N2O3S/c1-18(2)16(9-6-4-5-7-10-16)13-17-14(19)8-11-22-12-15(20)21-3/h4-13H2,1-3H3,(H,17,19). The maximum atomic E-state index is 12.0. The molecule has 0 aromatic heterocycles. The number of likely N-dealkylation sites (N-methyl/N-ethyl adjacent to an activating group) is 1. The van der Waals surface area contributed by atoms with Crippen LogP contribution in [0.1, 0.15) is 44.9 Å². The number of hydrogen-bond acceptors (Lipinski definition) is 5. The molecular formula is C16H30N2O3S. The smallest absolute Gasteiger partial charge is 0.315 e. The highest BCUT2D eigenvalue weighted by atomic mass is 32.2. The van der Waals surface area contributed by atoms with Crippen LogP contribution in [0.3, 0.4) is 0 Å². The molecule has 1 saturated carbocycles. The summed E-state index contributed by atoms with van der Waals surface area (Å²) in [6, 6.07) is 0. The summed E-state index contributed by atoms with van der Waals surface area (Å²) in [5.74, 6) is 0.791. The van der Waals surface area contributed by atoms with Crippen LogP contribution in [0.2, 0.25) is 0 Å². The van der Waals surface area contributed by atoms with E-state index in [2.05, 4.69) is 29.0 Å². The Kier molecular flexibility index (Phi) is 8.86. The van der Waals surface area contributed by atoms with Crippen molar-refractivity contribution in [3.63, 3.8) is 0 Å². The molecule has 1 aliphatic rings. The predicted octanol–water partition coefficient (Wildman–Crippen LogP) is 2.05. The van der Waals surface area contributed by atoms with Gasteiger partial charge in [-0.15, -0.1) is 11.8 Å². The molecule has 0 spiro atoms. The fourth-order valence-electron chi connectivity index (χ4n) is 2.90. The first-order valence-corrected chi connectivity index (χ1v) is 9.24. The van der Waals surface area contributed by atoms with Crippen molar-refractivity contribution in [2.24, 2.45) is 0 Å². The molecular weight excluding hydrogens is 300 g/mol. The van der Waals surface area contributed by atoms with Crippen LogP contribution < -0.4 is 5.32 Å². The van der Waals surface area contributed by atoms with E-state index in [1.165, 1.54) is 44.6 Å². The molecule has 1 amide bonds. The monoisotopic (exact) mass is 330 g/mol. The number of nitrogens with zero attached hydrogens (tertiary/aromatic N) is 1. The molecule has 1 aliphatic carbocycles. The lowest BCUT2D eigenvalue weighted by Crippen LogP contribution is -2.52. The molecule has 0 aliphatic heterocycles. The van der Waals surface area contributed by atoms with Gasteiger partial charge in [-0.2, -0.15) is 0 Å². The predicted molar refractivity (Wildman–Crippen MR) is 91.1 cm³/mol. The van der Waals surface area contributed by atoms with Gasteiger partial charge in [-0.3, -0.25) is 9.59 Å². The van der Waals surface area contributed by atoms with E-state index in [0.717, 1.165) is 19.4 Å². The second-order valence-electron chi connectivity index (χ2n) is 6.19. The summed E-state index contributed by atoms with van der Waals surface area (Å²) in [5.41, 5.74) is 0.102. The molecule has 0 atom stereocenters. The molecule has 1 fully saturated rings. The lowest BCUT2D eigenvalue weighted by molar-refractivity contribution is -0.137. The number of hydrogen-bond donors (Lipinski definition) is 1. The number of carbonyl (C=O) groups is 2. The number of methoxy groups -OCH3 is 1. The van der Waals surface area contributed by atoms with Gasteiger partial charge in [0.2, 0.25) is 5.91 Å². The number of ether oxygens (including phenoxy) is 1. The zero-order chi connectivity index (χ0) is 16.4. The summed E-state index contributed by atoms with van der Waals surface area (Å²) in [6.07, 6.45) is 7.83. The topological polar surface area (TPSA) is 58.6 Å². The van der Waals surface area contributed by atoms with Crippen molar-refractivity contribution >= 4 is 23.6 Å². The van der Waals surface area contributed by atoms with Crippen molar-refractivity contribution in [3.05, 3.63) is 0 Å². The Hall–Kier alpha value is -0.750. The summed E-state index contributed by atoms with van der Waals surface area (Å²) in [4.78, 5) is 25.3. The van der Waals surface area contributed by atoms with Gasteiger partial charge in [0.25, 0.3) is 0 Å². The summed E-state index contributed by atoms with van der Waals surface area (Å²) < 4.78 is 4.57. The summed E-state index contributed by atoms with van der Waals surface area (Å²) in [7, 11) is 5.61. The minimum Gasteiger partial charge on any atom is -0.468 e. The molecule has 0 saturated heterocycles. The van der Waals surface area contributed by atoms with Crippen LogP contribution >= 0.6 is 11.8 Å². The zero-order valence-corrected chi connectivity index (χ0v) is 15.0. The molecule has 0 bridgehead atoms. The molecule has 0 aromatic rings. The van der Waals surface area contributed by atoms with Gasteiger partial charge in [0.1, 0.15) is 0 Å². The number of thioether (sulfide) groups is 1. The highest BCUT2D eigenvalue weighted by molar-refractivity contribution is 7.99. The average molecular weight is 330 g/mol. The second-order valence-corrected chi connectivity index (χ2v) is 7.29. The van der Waals surface area contributed by atoms with Crippen molar-refractivity contribution < 1.29 is 14.3 Å². The molecule has 128 valence electrons. The highest BCUT2D eigenvalue weighted by Crippen LogP contribution is 2.30. The molecule has 6 heteroatoms. The zero-order valence-electron chi connectivity index (χ0n) is 14.2. The lowest BCUT2D eigenvalue weighted by atomic mass is 9.88. The SMILES string of the molecule is COC(=O)CSCCC(=O)NCC1(N(C)C)CCCCCC1. The molecule has 22 heavy (non-hydrogen) atoms. The van der Waals surface area contributed by atoms with E-state index in [4.69, 9.17) is 0 Å². The van der Waals surface area contributed by atoms with Crippen LogP contribution in [0.5, 0.6) is 0 Å². The van der Waals surface area contributed by atoms with E-state index in [1.54, 1.807) is 0 Å². The van der Waals surface area contributed by atoms with Crippen LogP contribution in [0.25, 0.3) is 0 Å². The van der Waals surface area contributed by atoms with Gasteiger partial charge < -0.3 is 15.0 Å². The van der Waals surface area contributed by atoms with Gasteiger partial charge in [0.05, 0.1) is 12.9 Å². The van der Waals surface area contributed by atoms with Crippen molar-refractivity contribution in [3.8, 4) is 0 Å². The summed E-state index contributed by atoms with van der Waals surface area (Å²) in [5, 5.41) is 3.09. The third-order valence-corrected chi connectivity index (χ3v) is 5.45.